The highest BCUT2D eigenvalue weighted by atomic mass is 16.5. The molecule has 3 aromatic rings. The van der Waals surface area contributed by atoms with Crippen LogP contribution in [-0.2, 0) is 0 Å². The molecule has 1 aromatic carbocycles. The van der Waals surface area contributed by atoms with E-state index in [0.717, 1.165) is 5.69 Å². The molecule has 0 amide bonds. The quantitative estimate of drug-likeness (QED) is 0.756. The van der Waals surface area contributed by atoms with Gasteiger partial charge in [-0.25, -0.2) is 4.98 Å². The number of aromatic amines is 1. The minimum absolute atomic E-state index is 0.394. The second kappa shape index (κ2) is 5.04. The first-order chi connectivity index (χ1) is 9.81. The Labute approximate surface area is 115 Å². The molecular weight excluding hydrogens is 258 g/mol. The number of imidazole rings is 1. The summed E-state index contributed by atoms with van der Waals surface area (Å²) in [4.78, 5) is 15.7. The molecule has 0 radical (unpaired) electrons. The van der Waals surface area contributed by atoms with E-state index in [4.69, 9.17) is 9.47 Å². The zero-order valence-corrected chi connectivity index (χ0v) is 11.0. The molecule has 20 heavy (non-hydrogen) atoms. The molecule has 0 fully saturated rings. The fraction of sp³-hybridized carbons (Fsp3) is 0.154. The van der Waals surface area contributed by atoms with Crippen molar-refractivity contribution in [1.29, 1.82) is 0 Å². The number of fused-ring (bicyclic) bond motifs is 1. The van der Waals surface area contributed by atoms with Gasteiger partial charge < -0.3 is 19.8 Å². The summed E-state index contributed by atoms with van der Waals surface area (Å²) in [6.45, 7) is 0. The van der Waals surface area contributed by atoms with E-state index < -0.39 is 0 Å². The largest absolute Gasteiger partial charge is 0.495 e. The van der Waals surface area contributed by atoms with Crippen molar-refractivity contribution in [3.63, 3.8) is 0 Å². The number of ether oxygens (including phenoxy) is 2. The maximum atomic E-state index is 5.28. The van der Waals surface area contributed by atoms with Crippen LogP contribution in [0.1, 0.15) is 0 Å². The second-order valence-electron chi connectivity index (χ2n) is 3.98. The smallest absolute Gasteiger partial charge is 0.244 e. The first-order valence-electron chi connectivity index (χ1n) is 5.97. The topological polar surface area (TPSA) is 85.0 Å². The molecule has 0 atom stereocenters. The normalized spacial score (nSPS) is 10.5. The molecule has 0 aliphatic carbocycles. The lowest BCUT2D eigenvalue weighted by Crippen LogP contribution is -2.01. The Morgan fingerprint density at radius 1 is 1.10 bits per heavy atom. The molecule has 0 spiro atoms. The number of H-pyrrole nitrogens is 1. The third kappa shape index (κ3) is 2.09. The van der Waals surface area contributed by atoms with E-state index in [1.807, 2.05) is 24.3 Å². The van der Waals surface area contributed by atoms with E-state index in [2.05, 4.69) is 25.3 Å². The van der Waals surface area contributed by atoms with E-state index in [-0.39, 0.29) is 0 Å². The summed E-state index contributed by atoms with van der Waals surface area (Å²) >= 11 is 0. The van der Waals surface area contributed by atoms with Gasteiger partial charge in [-0.15, -0.1) is 0 Å². The number of methoxy groups -OCH3 is 2. The van der Waals surface area contributed by atoms with Crippen LogP contribution >= 0.6 is 0 Å². The van der Waals surface area contributed by atoms with Crippen molar-refractivity contribution < 1.29 is 9.47 Å². The first kappa shape index (κ1) is 12.2. The van der Waals surface area contributed by atoms with E-state index in [1.54, 1.807) is 20.5 Å². The number of anilines is 2. The number of aromatic nitrogens is 4. The predicted molar refractivity (Wildman–Crippen MR) is 74.5 cm³/mol. The lowest BCUT2D eigenvalue weighted by atomic mass is 10.3. The minimum Gasteiger partial charge on any atom is -0.495 e. The molecule has 2 heterocycles. The van der Waals surface area contributed by atoms with Crippen LogP contribution in [0.15, 0.2) is 30.6 Å². The molecular formula is C13H13N5O2. The molecule has 7 nitrogen and oxygen atoms in total. The number of nitrogens with zero attached hydrogens (tertiary/aromatic N) is 3. The first-order valence-corrected chi connectivity index (χ1v) is 5.97. The lowest BCUT2D eigenvalue weighted by Gasteiger charge is -2.10. The average Bonchev–Trinajstić information content (AvgIpc) is 2.95. The third-order valence-corrected chi connectivity index (χ3v) is 2.80. The Hall–Kier alpha value is -2.83. The fourth-order valence-electron chi connectivity index (χ4n) is 1.88. The van der Waals surface area contributed by atoms with Crippen LogP contribution in [-0.4, -0.2) is 34.2 Å². The summed E-state index contributed by atoms with van der Waals surface area (Å²) in [5, 5.41) is 3.10. The summed E-state index contributed by atoms with van der Waals surface area (Å²) in [7, 11) is 3.16. The number of rotatable bonds is 4. The van der Waals surface area contributed by atoms with Gasteiger partial charge in [0, 0.05) is 0 Å². The molecule has 2 N–H and O–H groups in total. The fourth-order valence-corrected chi connectivity index (χ4v) is 1.88. The summed E-state index contributed by atoms with van der Waals surface area (Å²) in [5.74, 6) is 1.54. The Kier molecular flexibility index (Phi) is 3.08. The molecule has 0 bridgehead atoms. The van der Waals surface area contributed by atoms with Gasteiger partial charge in [0.25, 0.3) is 0 Å². The number of hydrogen-bond donors (Lipinski definition) is 2. The summed E-state index contributed by atoms with van der Waals surface area (Å²) < 4.78 is 10.5. The maximum Gasteiger partial charge on any atom is 0.244 e. The Morgan fingerprint density at radius 2 is 1.95 bits per heavy atom. The number of para-hydroxylation sites is 2. The lowest BCUT2D eigenvalue weighted by molar-refractivity contribution is 0.402. The van der Waals surface area contributed by atoms with E-state index in [1.165, 1.54) is 0 Å². The van der Waals surface area contributed by atoms with Gasteiger partial charge in [-0.1, -0.05) is 12.1 Å². The molecule has 0 aliphatic rings. The standard InChI is InChI=1S/C13H13N5O2/c1-19-9-6-4-3-5-8(9)16-13-17-11-10(14-7-15-11)12(18-13)20-2/h3-7H,1-2H3,(H2,14,15,16,17,18). The highest BCUT2D eigenvalue weighted by Crippen LogP contribution is 2.27. The molecule has 102 valence electrons. The van der Waals surface area contributed by atoms with Gasteiger partial charge in [-0.2, -0.15) is 9.97 Å². The van der Waals surface area contributed by atoms with Gasteiger partial charge in [-0.05, 0) is 12.1 Å². The summed E-state index contributed by atoms with van der Waals surface area (Å²) in [6, 6.07) is 7.52. The van der Waals surface area contributed by atoms with Crippen LogP contribution in [0.3, 0.4) is 0 Å². The van der Waals surface area contributed by atoms with Crippen LogP contribution in [0.5, 0.6) is 11.6 Å². The van der Waals surface area contributed by atoms with Gasteiger partial charge in [0.05, 0.1) is 26.2 Å². The second-order valence-corrected chi connectivity index (χ2v) is 3.98. The van der Waals surface area contributed by atoms with Crippen LogP contribution in [0.4, 0.5) is 11.6 Å². The molecule has 0 aliphatic heterocycles. The van der Waals surface area contributed by atoms with Crippen LogP contribution in [0.2, 0.25) is 0 Å². The van der Waals surface area contributed by atoms with Crippen molar-refractivity contribution in [3.05, 3.63) is 30.6 Å². The monoisotopic (exact) mass is 271 g/mol. The molecule has 2 aromatic heterocycles. The average molecular weight is 271 g/mol. The molecule has 0 saturated heterocycles. The van der Waals surface area contributed by atoms with Crippen molar-refractivity contribution in [2.24, 2.45) is 0 Å². The Morgan fingerprint density at radius 3 is 2.75 bits per heavy atom. The van der Waals surface area contributed by atoms with Crippen LogP contribution in [0, 0.1) is 0 Å². The highest BCUT2D eigenvalue weighted by molar-refractivity contribution is 5.78. The van der Waals surface area contributed by atoms with Gasteiger partial charge in [-0.3, -0.25) is 0 Å². The SMILES string of the molecule is COc1ccccc1Nc1nc(OC)c2[nH]cnc2n1. The van der Waals surface area contributed by atoms with E-state index in [0.29, 0.717) is 28.7 Å². The molecule has 7 heteroatoms. The van der Waals surface area contributed by atoms with E-state index >= 15 is 0 Å². The molecule has 3 rings (SSSR count). The van der Waals surface area contributed by atoms with E-state index in [9.17, 15) is 0 Å². The van der Waals surface area contributed by atoms with Crippen molar-refractivity contribution in [3.8, 4) is 11.6 Å². The van der Waals surface area contributed by atoms with Crippen LogP contribution < -0.4 is 14.8 Å². The van der Waals surface area contributed by atoms with Crippen LogP contribution in [0.25, 0.3) is 11.2 Å². The minimum atomic E-state index is 0.394. The highest BCUT2D eigenvalue weighted by Gasteiger charge is 2.11. The van der Waals surface area contributed by atoms with Gasteiger partial charge >= 0.3 is 0 Å². The summed E-state index contributed by atoms with van der Waals surface area (Å²) in [5.41, 5.74) is 1.97. The summed E-state index contributed by atoms with van der Waals surface area (Å²) in [6.07, 6.45) is 1.55. The number of nitrogens with one attached hydrogen (secondary N) is 2. The van der Waals surface area contributed by atoms with Crippen molar-refractivity contribution >= 4 is 22.8 Å². The van der Waals surface area contributed by atoms with Gasteiger partial charge in [0.1, 0.15) is 11.3 Å². The molecule has 0 saturated carbocycles. The van der Waals surface area contributed by atoms with Gasteiger partial charge in [0.15, 0.2) is 5.65 Å². The van der Waals surface area contributed by atoms with Crippen molar-refractivity contribution in [1.82, 2.24) is 19.9 Å². The van der Waals surface area contributed by atoms with Gasteiger partial charge in [0.2, 0.25) is 11.8 Å². The van der Waals surface area contributed by atoms with Crippen molar-refractivity contribution in [2.75, 3.05) is 19.5 Å². The Balaban J connectivity index is 2.02. The zero-order chi connectivity index (χ0) is 13.9. The third-order valence-electron chi connectivity index (χ3n) is 2.80. The Bertz CT molecular complexity index is 740. The number of hydrogen-bond acceptors (Lipinski definition) is 6. The predicted octanol–water partition coefficient (Wildman–Crippen LogP) is 2.11. The zero-order valence-electron chi connectivity index (χ0n) is 11.0. The molecule has 0 unspecified atom stereocenters. The number of benzene rings is 1. The maximum absolute atomic E-state index is 5.28. The van der Waals surface area contributed by atoms with Crippen molar-refractivity contribution in [2.45, 2.75) is 0 Å².